The van der Waals surface area contributed by atoms with Gasteiger partial charge in [0.1, 0.15) is 10.6 Å². The van der Waals surface area contributed by atoms with Gasteiger partial charge in [0, 0.05) is 15.6 Å². The lowest BCUT2D eigenvalue weighted by atomic mass is 10.2. The summed E-state index contributed by atoms with van der Waals surface area (Å²) in [5.41, 5.74) is 7.78. The smallest absolute Gasteiger partial charge is 0.223 e. The molecule has 0 radical (unpaired) electrons. The van der Waals surface area contributed by atoms with E-state index in [1.165, 1.54) is 4.88 Å². The van der Waals surface area contributed by atoms with E-state index in [9.17, 15) is 0 Å². The number of hydrogen-bond donors (Lipinski definition) is 2. The molecule has 0 bridgehead atoms. The van der Waals surface area contributed by atoms with Crippen LogP contribution in [0.5, 0.6) is 0 Å². The topological polar surface area (TPSA) is 63.8 Å². The van der Waals surface area contributed by atoms with Gasteiger partial charge in [-0.15, -0.1) is 11.3 Å². The summed E-state index contributed by atoms with van der Waals surface area (Å²) in [4.78, 5) is 10.6. The summed E-state index contributed by atoms with van der Waals surface area (Å²) in [5.74, 6) is 0.976. The summed E-state index contributed by atoms with van der Waals surface area (Å²) >= 11 is 7.64. The van der Waals surface area contributed by atoms with E-state index in [1.807, 2.05) is 32.0 Å². The minimum Gasteiger partial charge on any atom is -0.368 e. The van der Waals surface area contributed by atoms with Crippen molar-refractivity contribution in [3.63, 3.8) is 0 Å². The van der Waals surface area contributed by atoms with Crippen LogP contribution in [0.15, 0.2) is 24.3 Å². The fourth-order valence-electron chi connectivity index (χ4n) is 2.01. The van der Waals surface area contributed by atoms with Gasteiger partial charge in [-0.05, 0) is 37.6 Å². The fraction of sp³-hybridized carbons (Fsp3) is 0.143. The zero-order valence-electron chi connectivity index (χ0n) is 11.1. The third-order valence-electron chi connectivity index (χ3n) is 2.99. The molecule has 6 heteroatoms. The lowest BCUT2D eigenvalue weighted by Gasteiger charge is -2.10. The Hall–Kier alpha value is -1.85. The lowest BCUT2D eigenvalue weighted by Crippen LogP contribution is -2.01. The van der Waals surface area contributed by atoms with Crippen LogP contribution in [-0.4, -0.2) is 9.97 Å². The molecule has 20 heavy (non-hydrogen) atoms. The predicted octanol–water partition coefficient (Wildman–Crippen LogP) is 4.29. The largest absolute Gasteiger partial charge is 0.368 e. The van der Waals surface area contributed by atoms with Crippen molar-refractivity contribution >= 4 is 50.6 Å². The third-order valence-corrected chi connectivity index (χ3v) is 4.17. The van der Waals surface area contributed by atoms with Crippen LogP contribution in [0.25, 0.3) is 10.2 Å². The van der Waals surface area contributed by atoms with Crippen LogP contribution in [0.3, 0.4) is 0 Å². The van der Waals surface area contributed by atoms with E-state index in [-0.39, 0.29) is 5.95 Å². The second-order valence-corrected chi connectivity index (χ2v) is 6.26. The number of thiophene rings is 1. The van der Waals surface area contributed by atoms with Gasteiger partial charge in [-0.1, -0.05) is 17.7 Å². The zero-order chi connectivity index (χ0) is 14.3. The minimum absolute atomic E-state index is 0.265. The van der Waals surface area contributed by atoms with E-state index in [2.05, 4.69) is 21.4 Å². The Balaban J connectivity index is 2.12. The standard InChI is InChI=1S/C14H13ClN4S/c1-7-3-4-9(15)6-11(7)17-12-10-5-8(2)20-13(10)19-14(16)18-12/h3-6H,1-2H3,(H3,16,17,18,19). The van der Waals surface area contributed by atoms with Crippen molar-refractivity contribution in [1.82, 2.24) is 9.97 Å². The molecule has 0 amide bonds. The number of aryl methyl sites for hydroxylation is 2. The highest BCUT2D eigenvalue weighted by Gasteiger charge is 2.10. The maximum atomic E-state index is 6.04. The number of nitrogen functional groups attached to an aromatic ring is 1. The molecule has 0 aliphatic carbocycles. The average Bonchev–Trinajstić information content (AvgIpc) is 2.74. The lowest BCUT2D eigenvalue weighted by molar-refractivity contribution is 1.24. The maximum absolute atomic E-state index is 6.04. The molecule has 2 aromatic heterocycles. The van der Waals surface area contributed by atoms with E-state index in [0.717, 1.165) is 21.5 Å². The Labute approximate surface area is 125 Å². The highest BCUT2D eigenvalue weighted by atomic mass is 35.5. The summed E-state index contributed by atoms with van der Waals surface area (Å²) in [6, 6.07) is 7.76. The number of anilines is 3. The van der Waals surface area contributed by atoms with E-state index >= 15 is 0 Å². The van der Waals surface area contributed by atoms with Gasteiger partial charge in [-0.2, -0.15) is 4.98 Å². The molecule has 0 aliphatic rings. The van der Waals surface area contributed by atoms with Crippen LogP contribution in [0.2, 0.25) is 5.02 Å². The molecular formula is C14H13ClN4S. The molecule has 0 aliphatic heterocycles. The first kappa shape index (κ1) is 13.1. The maximum Gasteiger partial charge on any atom is 0.223 e. The van der Waals surface area contributed by atoms with E-state index in [0.29, 0.717) is 10.8 Å². The summed E-state index contributed by atoms with van der Waals surface area (Å²) in [6.45, 7) is 4.05. The molecule has 3 aromatic rings. The van der Waals surface area contributed by atoms with Crippen LogP contribution in [0, 0.1) is 13.8 Å². The van der Waals surface area contributed by atoms with Crippen molar-refractivity contribution in [3.8, 4) is 0 Å². The third kappa shape index (κ3) is 2.42. The summed E-state index contributed by atoms with van der Waals surface area (Å²) in [6.07, 6.45) is 0. The van der Waals surface area contributed by atoms with Crippen LogP contribution in [-0.2, 0) is 0 Å². The number of nitrogens with one attached hydrogen (secondary N) is 1. The number of hydrogen-bond acceptors (Lipinski definition) is 5. The highest BCUT2D eigenvalue weighted by Crippen LogP contribution is 2.32. The number of benzene rings is 1. The summed E-state index contributed by atoms with van der Waals surface area (Å²) in [7, 11) is 0. The molecule has 0 fully saturated rings. The van der Waals surface area contributed by atoms with Gasteiger partial charge < -0.3 is 11.1 Å². The second kappa shape index (κ2) is 4.92. The first-order valence-corrected chi connectivity index (χ1v) is 7.29. The normalized spacial score (nSPS) is 10.9. The van der Waals surface area contributed by atoms with Gasteiger partial charge in [-0.3, -0.25) is 0 Å². The highest BCUT2D eigenvalue weighted by molar-refractivity contribution is 7.18. The molecule has 1 aromatic carbocycles. The van der Waals surface area contributed by atoms with Gasteiger partial charge in [0.2, 0.25) is 5.95 Å². The van der Waals surface area contributed by atoms with Crippen LogP contribution in [0.1, 0.15) is 10.4 Å². The van der Waals surface area contributed by atoms with Crippen molar-refractivity contribution in [3.05, 3.63) is 39.7 Å². The van der Waals surface area contributed by atoms with Crippen molar-refractivity contribution in [2.45, 2.75) is 13.8 Å². The molecular weight excluding hydrogens is 292 g/mol. The zero-order valence-corrected chi connectivity index (χ0v) is 12.6. The first-order valence-electron chi connectivity index (χ1n) is 6.10. The van der Waals surface area contributed by atoms with Crippen LogP contribution < -0.4 is 11.1 Å². The molecule has 3 N–H and O–H groups in total. The Kier molecular flexibility index (Phi) is 3.23. The van der Waals surface area contributed by atoms with Crippen LogP contribution >= 0.6 is 22.9 Å². The van der Waals surface area contributed by atoms with Crippen LogP contribution in [0.4, 0.5) is 17.5 Å². The number of fused-ring (bicyclic) bond motifs is 1. The van der Waals surface area contributed by atoms with Crippen molar-refractivity contribution < 1.29 is 0 Å². The Morgan fingerprint density at radius 2 is 2.00 bits per heavy atom. The van der Waals surface area contributed by atoms with Gasteiger partial charge in [0.05, 0.1) is 5.39 Å². The SMILES string of the molecule is Cc1cc2c(Nc3cc(Cl)ccc3C)nc(N)nc2s1. The van der Waals surface area contributed by atoms with Crippen molar-refractivity contribution in [1.29, 1.82) is 0 Å². The predicted molar refractivity (Wildman–Crippen MR) is 86.0 cm³/mol. The monoisotopic (exact) mass is 304 g/mol. The minimum atomic E-state index is 0.265. The molecule has 3 rings (SSSR count). The van der Waals surface area contributed by atoms with E-state index < -0.39 is 0 Å². The average molecular weight is 305 g/mol. The molecule has 0 saturated heterocycles. The molecule has 102 valence electrons. The van der Waals surface area contributed by atoms with Gasteiger partial charge >= 0.3 is 0 Å². The molecule has 2 heterocycles. The Morgan fingerprint density at radius 3 is 2.80 bits per heavy atom. The molecule has 0 saturated carbocycles. The molecule has 4 nitrogen and oxygen atoms in total. The number of halogens is 1. The number of nitrogens with two attached hydrogens (primary N) is 1. The number of nitrogens with zero attached hydrogens (tertiary/aromatic N) is 2. The molecule has 0 unspecified atom stereocenters. The van der Waals surface area contributed by atoms with Crippen molar-refractivity contribution in [2.75, 3.05) is 11.1 Å². The summed E-state index contributed by atoms with van der Waals surface area (Å²) in [5, 5.41) is 4.95. The van der Waals surface area contributed by atoms with Gasteiger partial charge in [-0.25, -0.2) is 4.98 Å². The number of rotatable bonds is 2. The second-order valence-electron chi connectivity index (χ2n) is 4.59. The molecule has 0 spiro atoms. The van der Waals surface area contributed by atoms with Gasteiger partial charge in [0.15, 0.2) is 0 Å². The Morgan fingerprint density at radius 1 is 1.20 bits per heavy atom. The number of aromatic nitrogens is 2. The quantitative estimate of drug-likeness (QED) is 0.741. The fourth-order valence-corrected chi connectivity index (χ4v) is 3.07. The Bertz CT molecular complexity index is 797. The van der Waals surface area contributed by atoms with Crippen molar-refractivity contribution in [2.24, 2.45) is 0 Å². The van der Waals surface area contributed by atoms with E-state index in [1.54, 1.807) is 11.3 Å². The van der Waals surface area contributed by atoms with E-state index in [4.69, 9.17) is 17.3 Å². The van der Waals surface area contributed by atoms with Gasteiger partial charge in [0.25, 0.3) is 0 Å². The molecule has 0 atom stereocenters. The summed E-state index contributed by atoms with van der Waals surface area (Å²) < 4.78 is 0. The first-order chi connectivity index (χ1) is 9.52.